The van der Waals surface area contributed by atoms with Crippen LogP contribution in [0.15, 0.2) is 60.8 Å². The first kappa shape index (κ1) is 13.1. The number of carbonyl (C=O) groups is 1. The summed E-state index contributed by atoms with van der Waals surface area (Å²) in [5, 5.41) is 10.7. The Hall–Kier alpha value is -2.88. The standard InChI is InChI=1S/C17H13NO3/c19-17(20)11-21-15-7-6-12-9-14(5-4-13(12)10-15)16-3-1-2-8-18-16/h1-10H,11H2,(H,19,20). The number of hydrogen-bond acceptors (Lipinski definition) is 3. The van der Waals surface area contributed by atoms with Crippen LogP contribution < -0.4 is 4.74 Å². The second-order valence-electron chi connectivity index (χ2n) is 4.62. The highest BCUT2D eigenvalue weighted by Gasteiger charge is 2.03. The molecule has 0 aliphatic carbocycles. The van der Waals surface area contributed by atoms with Crippen LogP contribution in [0.4, 0.5) is 0 Å². The maximum atomic E-state index is 10.5. The van der Waals surface area contributed by atoms with Crippen molar-refractivity contribution in [2.45, 2.75) is 0 Å². The van der Waals surface area contributed by atoms with Crippen LogP contribution in [-0.2, 0) is 4.79 Å². The van der Waals surface area contributed by atoms with Gasteiger partial charge in [-0.2, -0.15) is 0 Å². The first-order valence-electron chi connectivity index (χ1n) is 6.52. The second-order valence-corrected chi connectivity index (χ2v) is 4.62. The lowest BCUT2D eigenvalue weighted by molar-refractivity contribution is -0.139. The van der Waals surface area contributed by atoms with E-state index in [1.165, 1.54) is 0 Å². The Morgan fingerprint density at radius 3 is 2.62 bits per heavy atom. The van der Waals surface area contributed by atoms with Crippen LogP contribution in [0, 0.1) is 0 Å². The minimum Gasteiger partial charge on any atom is -0.482 e. The molecule has 0 aliphatic rings. The van der Waals surface area contributed by atoms with Gasteiger partial charge in [-0.05, 0) is 41.1 Å². The van der Waals surface area contributed by atoms with Crippen LogP contribution in [0.3, 0.4) is 0 Å². The summed E-state index contributed by atoms with van der Waals surface area (Å²) in [6.45, 7) is -0.336. The highest BCUT2D eigenvalue weighted by atomic mass is 16.5. The van der Waals surface area contributed by atoms with Crippen molar-refractivity contribution in [2.24, 2.45) is 0 Å². The summed E-state index contributed by atoms with van der Waals surface area (Å²) in [5.74, 6) is -0.434. The van der Waals surface area contributed by atoms with Gasteiger partial charge in [-0.1, -0.05) is 24.3 Å². The molecular formula is C17H13NO3. The fraction of sp³-hybridized carbons (Fsp3) is 0.0588. The lowest BCUT2D eigenvalue weighted by Crippen LogP contribution is -2.09. The van der Waals surface area contributed by atoms with E-state index in [0.717, 1.165) is 22.0 Å². The lowest BCUT2D eigenvalue weighted by Gasteiger charge is -2.06. The van der Waals surface area contributed by atoms with Crippen molar-refractivity contribution in [1.82, 2.24) is 4.98 Å². The Kier molecular flexibility index (Phi) is 3.51. The smallest absolute Gasteiger partial charge is 0.341 e. The van der Waals surface area contributed by atoms with Gasteiger partial charge in [0, 0.05) is 11.8 Å². The summed E-state index contributed by atoms with van der Waals surface area (Å²) in [4.78, 5) is 14.8. The van der Waals surface area contributed by atoms with Gasteiger partial charge in [-0.15, -0.1) is 0 Å². The second kappa shape index (κ2) is 5.63. The van der Waals surface area contributed by atoms with Crippen molar-refractivity contribution in [2.75, 3.05) is 6.61 Å². The predicted molar refractivity (Wildman–Crippen MR) is 80.3 cm³/mol. The molecule has 3 aromatic rings. The minimum atomic E-state index is -0.986. The molecule has 0 saturated carbocycles. The maximum absolute atomic E-state index is 10.5. The largest absolute Gasteiger partial charge is 0.482 e. The SMILES string of the molecule is O=C(O)COc1ccc2cc(-c3ccccn3)ccc2c1. The van der Waals surface area contributed by atoms with E-state index in [0.29, 0.717) is 5.75 Å². The molecule has 1 aromatic heterocycles. The summed E-state index contributed by atoms with van der Waals surface area (Å²) in [5.41, 5.74) is 1.97. The van der Waals surface area contributed by atoms with E-state index in [-0.39, 0.29) is 6.61 Å². The van der Waals surface area contributed by atoms with Crippen LogP contribution in [0.5, 0.6) is 5.75 Å². The van der Waals surface area contributed by atoms with Gasteiger partial charge in [0.05, 0.1) is 5.69 Å². The number of nitrogens with zero attached hydrogens (tertiary/aromatic N) is 1. The molecular weight excluding hydrogens is 266 g/mol. The molecule has 0 radical (unpaired) electrons. The highest BCUT2D eigenvalue weighted by Crippen LogP contribution is 2.26. The molecule has 0 unspecified atom stereocenters. The van der Waals surface area contributed by atoms with Crippen molar-refractivity contribution >= 4 is 16.7 Å². The number of rotatable bonds is 4. The number of aromatic nitrogens is 1. The molecule has 1 heterocycles. The average molecular weight is 279 g/mol. The third kappa shape index (κ3) is 3.00. The first-order valence-corrected chi connectivity index (χ1v) is 6.52. The van der Waals surface area contributed by atoms with E-state index >= 15 is 0 Å². The van der Waals surface area contributed by atoms with Gasteiger partial charge in [0.1, 0.15) is 5.75 Å². The molecule has 1 N–H and O–H groups in total. The number of hydrogen-bond donors (Lipinski definition) is 1. The number of carboxylic acids is 1. The Bertz CT molecular complexity index is 784. The fourth-order valence-corrected chi connectivity index (χ4v) is 2.15. The molecule has 0 bridgehead atoms. The molecule has 0 saturated heterocycles. The van der Waals surface area contributed by atoms with E-state index in [2.05, 4.69) is 11.1 Å². The van der Waals surface area contributed by atoms with Gasteiger partial charge in [-0.3, -0.25) is 4.98 Å². The monoisotopic (exact) mass is 279 g/mol. The third-order valence-corrected chi connectivity index (χ3v) is 3.13. The van der Waals surface area contributed by atoms with Crippen molar-refractivity contribution in [3.63, 3.8) is 0 Å². The summed E-state index contributed by atoms with van der Waals surface area (Å²) < 4.78 is 5.18. The van der Waals surface area contributed by atoms with Crippen molar-refractivity contribution in [1.29, 1.82) is 0 Å². The first-order chi connectivity index (χ1) is 10.2. The summed E-state index contributed by atoms with van der Waals surface area (Å²) in [6.07, 6.45) is 1.77. The normalized spacial score (nSPS) is 10.5. The average Bonchev–Trinajstić information content (AvgIpc) is 2.53. The maximum Gasteiger partial charge on any atom is 0.341 e. The van der Waals surface area contributed by atoms with Crippen LogP contribution >= 0.6 is 0 Å². The Balaban J connectivity index is 1.93. The third-order valence-electron chi connectivity index (χ3n) is 3.13. The van der Waals surface area contributed by atoms with Crippen LogP contribution in [0.25, 0.3) is 22.0 Å². The van der Waals surface area contributed by atoms with Crippen molar-refractivity contribution < 1.29 is 14.6 Å². The highest BCUT2D eigenvalue weighted by molar-refractivity contribution is 5.88. The van der Waals surface area contributed by atoms with Gasteiger partial charge >= 0.3 is 5.97 Å². The number of pyridine rings is 1. The van der Waals surface area contributed by atoms with Gasteiger partial charge in [0.25, 0.3) is 0 Å². The van der Waals surface area contributed by atoms with E-state index in [1.807, 2.05) is 42.5 Å². The molecule has 21 heavy (non-hydrogen) atoms. The summed E-state index contributed by atoms with van der Waals surface area (Å²) >= 11 is 0. The number of ether oxygens (including phenoxy) is 1. The van der Waals surface area contributed by atoms with E-state index in [1.54, 1.807) is 12.3 Å². The van der Waals surface area contributed by atoms with Crippen LogP contribution in [0.1, 0.15) is 0 Å². The number of carboxylic acid groups (broad SMARTS) is 1. The van der Waals surface area contributed by atoms with Crippen molar-refractivity contribution in [3.05, 3.63) is 60.8 Å². The zero-order chi connectivity index (χ0) is 14.7. The number of fused-ring (bicyclic) bond motifs is 1. The summed E-state index contributed by atoms with van der Waals surface area (Å²) in [7, 11) is 0. The van der Waals surface area contributed by atoms with Gasteiger partial charge in [-0.25, -0.2) is 4.79 Å². The van der Waals surface area contributed by atoms with Crippen LogP contribution in [-0.4, -0.2) is 22.7 Å². The fourth-order valence-electron chi connectivity index (χ4n) is 2.15. The molecule has 0 atom stereocenters. The number of aliphatic carboxylic acids is 1. The lowest BCUT2D eigenvalue weighted by atomic mass is 10.0. The Morgan fingerprint density at radius 1 is 1.05 bits per heavy atom. The molecule has 3 rings (SSSR count). The quantitative estimate of drug-likeness (QED) is 0.795. The van der Waals surface area contributed by atoms with Gasteiger partial charge < -0.3 is 9.84 Å². The predicted octanol–water partition coefficient (Wildman–Crippen LogP) is 3.37. The van der Waals surface area contributed by atoms with E-state index < -0.39 is 5.97 Å². The zero-order valence-corrected chi connectivity index (χ0v) is 11.2. The van der Waals surface area contributed by atoms with Gasteiger partial charge in [0.15, 0.2) is 6.61 Å². The van der Waals surface area contributed by atoms with E-state index in [9.17, 15) is 4.79 Å². The number of benzene rings is 2. The van der Waals surface area contributed by atoms with Crippen molar-refractivity contribution in [3.8, 4) is 17.0 Å². The Morgan fingerprint density at radius 2 is 1.86 bits per heavy atom. The minimum absolute atomic E-state index is 0.336. The van der Waals surface area contributed by atoms with Crippen LogP contribution in [0.2, 0.25) is 0 Å². The molecule has 0 aliphatic heterocycles. The topological polar surface area (TPSA) is 59.4 Å². The molecule has 0 fully saturated rings. The van der Waals surface area contributed by atoms with Gasteiger partial charge in [0.2, 0.25) is 0 Å². The molecule has 0 spiro atoms. The Labute approximate surface area is 121 Å². The molecule has 4 nitrogen and oxygen atoms in total. The zero-order valence-electron chi connectivity index (χ0n) is 11.2. The molecule has 4 heteroatoms. The molecule has 0 amide bonds. The molecule has 2 aromatic carbocycles. The summed E-state index contributed by atoms with van der Waals surface area (Å²) in [6, 6.07) is 17.3. The molecule has 104 valence electrons. The van der Waals surface area contributed by atoms with E-state index in [4.69, 9.17) is 9.84 Å².